The van der Waals surface area contributed by atoms with Crippen LogP contribution >= 0.6 is 0 Å². The minimum Gasteiger partial charge on any atom is -0.545 e. The number of hydrogen-bond acceptors (Lipinski definition) is 4. The minimum absolute atomic E-state index is 0. The number of ether oxygens (including phenoxy) is 1. The van der Waals surface area contributed by atoms with E-state index in [0.29, 0.717) is 18.9 Å². The van der Waals surface area contributed by atoms with Gasteiger partial charge in [-0.25, -0.2) is 4.98 Å². The first kappa shape index (κ1) is 19.4. The van der Waals surface area contributed by atoms with Crippen LogP contribution in [0.15, 0.2) is 48.2 Å². The molecular weight excluding hydrogens is 301 g/mol. The number of rotatable bonds is 6. The van der Waals surface area contributed by atoms with Crippen LogP contribution in [0.2, 0.25) is 0 Å². The molecule has 0 spiro atoms. The molecule has 2 rings (SSSR count). The molecule has 1 aromatic heterocycles. The van der Waals surface area contributed by atoms with Crippen LogP contribution in [-0.4, -0.2) is 17.6 Å². The number of benzene rings is 1. The minimum atomic E-state index is -1.15. The summed E-state index contributed by atoms with van der Waals surface area (Å²) in [4.78, 5) is 14.9. The topological polar surface area (TPSA) is 62.2 Å². The van der Waals surface area contributed by atoms with Crippen molar-refractivity contribution in [3.63, 3.8) is 0 Å². The van der Waals surface area contributed by atoms with Gasteiger partial charge in [0.15, 0.2) is 0 Å². The Bertz CT molecular complexity index is 681. The van der Waals surface area contributed by atoms with Crippen molar-refractivity contribution < 1.29 is 44.2 Å². The van der Waals surface area contributed by atoms with Gasteiger partial charge in [-0.1, -0.05) is 36.4 Å². The van der Waals surface area contributed by atoms with Gasteiger partial charge in [0.1, 0.15) is 0 Å². The maximum absolute atomic E-state index is 10.7. The van der Waals surface area contributed by atoms with Crippen molar-refractivity contribution in [3.05, 3.63) is 64.9 Å². The molecule has 23 heavy (non-hydrogen) atoms. The number of aliphatic carboxylic acids is 1. The maximum Gasteiger partial charge on any atom is 1.00 e. The van der Waals surface area contributed by atoms with Crippen LogP contribution in [0.1, 0.15) is 30.5 Å². The average molecular weight is 319 g/mol. The molecular formula is C18H18NNaO3. The van der Waals surface area contributed by atoms with Crippen molar-refractivity contribution in [1.82, 2.24) is 4.98 Å². The van der Waals surface area contributed by atoms with Gasteiger partial charge in [-0.15, -0.1) is 0 Å². The molecule has 1 aromatic carbocycles. The summed E-state index contributed by atoms with van der Waals surface area (Å²) in [5.74, 6) is -0.498. The monoisotopic (exact) mass is 319 g/mol. The summed E-state index contributed by atoms with van der Waals surface area (Å²) < 4.78 is 5.52. The Hall–Kier alpha value is -1.62. The van der Waals surface area contributed by atoms with Crippen molar-refractivity contribution in [2.45, 2.75) is 20.3 Å². The summed E-state index contributed by atoms with van der Waals surface area (Å²) in [6.45, 7) is 4.03. The molecule has 4 nitrogen and oxygen atoms in total. The van der Waals surface area contributed by atoms with Gasteiger partial charge in [0.25, 0.3) is 0 Å². The van der Waals surface area contributed by atoms with E-state index in [4.69, 9.17) is 4.74 Å². The first-order chi connectivity index (χ1) is 10.6. The second kappa shape index (κ2) is 9.50. The van der Waals surface area contributed by atoms with Gasteiger partial charge in [-0.3, -0.25) is 0 Å². The van der Waals surface area contributed by atoms with Crippen LogP contribution in [0.4, 0.5) is 0 Å². The van der Waals surface area contributed by atoms with E-state index < -0.39 is 5.97 Å². The molecule has 1 heterocycles. The summed E-state index contributed by atoms with van der Waals surface area (Å²) in [6, 6.07) is 11.6. The number of nitrogens with zero attached hydrogens (tertiary/aromatic N) is 1. The molecule has 2 aromatic rings. The first-order valence-corrected chi connectivity index (χ1v) is 7.15. The quantitative estimate of drug-likeness (QED) is 0.518. The van der Waals surface area contributed by atoms with Gasteiger partial charge in [0.05, 0.1) is 12.6 Å². The molecule has 0 aliphatic carbocycles. The number of carboxylic acids is 1. The second-order valence-electron chi connectivity index (χ2n) is 4.93. The summed E-state index contributed by atoms with van der Waals surface area (Å²) in [5, 5.41) is 10.7. The Kier molecular flexibility index (Phi) is 8.03. The smallest absolute Gasteiger partial charge is 0.545 e. The molecule has 0 bridgehead atoms. The van der Waals surface area contributed by atoms with Crippen LogP contribution < -0.4 is 39.4 Å². The van der Waals surface area contributed by atoms with E-state index in [0.717, 1.165) is 16.7 Å². The Morgan fingerprint density at radius 1 is 1.26 bits per heavy atom. The van der Waals surface area contributed by atoms with Crippen molar-refractivity contribution in [3.8, 4) is 5.88 Å². The number of aromatic nitrogens is 1. The normalized spacial score (nSPS) is 10.8. The van der Waals surface area contributed by atoms with Crippen LogP contribution in [0.25, 0.3) is 6.08 Å². The zero-order chi connectivity index (χ0) is 15.9. The van der Waals surface area contributed by atoms with Gasteiger partial charge in [0, 0.05) is 18.2 Å². The Balaban J connectivity index is 0.00000264. The summed E-state index contributed by atoms with van der Waals surface area (Å²) in [5.41, 5.74) is 3.18. The molecule has 0 aliphatic heterocycles. The summed E-state index contributed by atoms with van der Waals surface area (Å²) >= 11 is 0. The van der Waals surface area contributed by atoms with E-state index in [2.05, 4.69) is 4.98 Å². The predicted octanol–water partition coefficient (Wildman–Crippen LogP) is -0.772. The predicted molar refractivity (Wildman–Crippen MR) is 83.3 cm³/mol. The third-order valence-corrected chi connectivity index (χ3v) is 3.21. The zero-order valence-electron chi connectivity index (χ0n) is 13.7. The molecule has 0 saturated heterocycles. The van der Waals surface area contributed by atoms with Crippen LogP contribution in [0, 0.1) is 0 Å². The average Bonchev–Trinajstić information content (AvgIpc) is 2.51. The van der Waals surface area contributed by atoms with Crippen molar-refractivity contribution in [2.75, 3.05) is 6.61 Å². The van der Waals surface area contributed by atoms with Crippen LogP contribution in [-0.2, 0) is 11.2 Å². The van der Waals surface area contributed by atoms with Crippen LogP contribution in [0.3, 0.4) is 0 Å². The number of carbonyl (C=O) groups is 1. The van der Waals surface area contributed by atoms with Gasteiger partial charge in [-0.05, 0) is 36.6 Å². The molecule has 0 N–H and O–H groups in total. The molecule has 0 amide bonds. The fourth-order valence-corrected chi connectivity index (χ4v) is 2.09. The maximum atomic E-state index is 10.7. The first-order valence-electron chi connectivity index (χ1n) is 7.15. The van der Waals surface area contributed by atoms with Crippen molar-refractivity contribution >= 4 is 12.0 Å². The van der Waals surface area contributed by atoms with Crippen LogP contribution in [0.5, 0.6) is 5.88 Å². The Morgan fingerprint density at radius 3 is 2.57 bits per heavy atom. The molecule has 0 radical (unpaired) electrons. The molecule has 0 aliphatic rings. The van der Waals surface area contributed by atoms with E-state index in [1.165, 1.54) is 6.92 Å². The van der Waals surface area contributed by atoms with Gasteiger partial charge < -0.3 is 14.6 Å². The third kappa shape index (κ3) is 5.82. The van der Waals surface area contributed by atoms with Gasteiger partial charge in [0.2, 0.25) is 5.88 Å². The van der Waals surface area contributed by atoms with Gasteiger partial charge >= 0.3 is 29.6 Å². The second-order valence-corrected chi connectivity index (χ2v) is 4.93. The molecule has 114 valence electrons. The fraction of sp³-hybridized carbons (Fsp3) is 0.222. The standard InChI is InChI=1S/C18H19NO3.Na/c1-3-22-17-16(5-4-10-19-17)12-15-8-6-14(7-9-15)11-13(2)18(20)21;/h4-11H,3,12H2,1-2H3,(H,20,21);/q;+1/p-1/b13-11+;. The Labute approximate surface area is 158 Å². The zero-order valence-corrected chi connectivity index (χ0v) is 15.7. The summed E-state index contributed by atoms with van der Waals surface area (Å²) in [7, 11) is 0. The number of carbonyl (C=O) groups excluding carboxylic acids is 1. The molecule has 0 saturated carbocycles. The van der Waals surface area contributed by atoms with Gasteiger partial charge in [-0.2, -0.15) is 0 Å². The SMILES string of the molecule is CCOc1ncccc1Cc1ccc(/C=C(\C)C(=O)[O-])cc1.[Na+]. The molecule has 5 heteroatoms. The van der Waals surface area contributed by atoms with Crippen molar-refractivity contribution in [1.29, 1.82) is 0 Å². The van der Waals surface area contributed by atoms with E-state index in [1.54, 1.807) is 12.3 Å². The fourth-order valence-electron chi connectivity index (χ4n) is 2.09. The van der Waals surface area contributed by atoms with E-state index >= 15 is 0 Å². The molecule has 0 atom stereocenters. The summed E-state index contributed by atoms with van der Waals surface area (Å²) in [6.07, 6.45) is 4.02. The largest absolute Gasteiger partial charge is 1.00 e. The number of carboxylic acid groups (broad SMARTS) is 1. The number of hydrogen-bond donors (Lipinski definition) is 0. The number of pyridine rings is 1. The Morgan fingerprint density at radius 2 is 1.96 bits per heavy atom. The third-order valence-electron chi connectivity index (χ3n) is 3.21. The van der Waals surface area contributed by atoms with E-state index in [9.17, 15) is 9.90 Å². The van der Waals surface area contributed by atoms with E-state index in [1.807, 2.05) is 43.3 Å². The van der Waals surface area contributed by atoms with E-state index in [-0.39, 0.29) is 35.1 Å². The molecule has 0 fully saturated rings. The van der Waals surface area contributed by atoms with Crippen molar-refractivity contribution in [2.24, 2.45) is 0 Å². The molecule has 0 unspecified atom stereocenters.